The van der Waals surface area contributed by atoms with Crippen molar-refractivity contribution in [2.24, 2.45) is 11.8 Å². The Hall–Kier alpha value is -1.74. The zero-order valence-electron chi connectivity index (χ0n) is 16.7. The van der Waals surface area contributed by atoms with E-state index in [1.54, 1.807) is 12.1 Å². The molecule has 0 unspecified atom stereocenters. The molecule has 0 heterocycles. The van der Waals surface area contributed by atoms with Gasteiger partial charge in [0.2, 0.25) is 11.8 Å². The number of amides is 2. The Bertz CT molecular complexity index is 1070. The maximum Gasteiger partial charge on any atom is 0.392 e. The molecular weight excluding hydrogens is 530 g/mol. The highest BCUT2D eigenvalue weighted by Crippen LogP contribution is 2.65. The van der Waals surface area contributed by atoms with E-state index in [2.05, 4.69) is 10.6 Å². The van der Waals surface area contributed by atoms with Gasteiger partial charge in [-0.1, -0.05) is 30.1 Å². The molecule has 2 amide bonds. The van der Waals surface area contributed by atoms with E-state index < -0.39 is 52.3 Å². The molecular formula is C21H16Cl4F4N2O2. The van der Waals surface area contributed by atoms with Gasteiger partial charge in [0.15, 0.2) is 0 Å². The molecule has 2 aromatic carbocycles. The van der Waals surface area contributed by atoms with Gasteiger partial charge in [0, 0.05) is 28.1 Å². The van der Waals surface area contributed by atoms with Crippen LogP contribution in [-0.4, -0.2) is 22.3 Å². The van der Waals surface area contributed by atoms with E-state index in [4.69, 9.17) is 46.4 Å². The highest BCUT2D eigenvalue weighted by molar-refractivity contribution is 6.53. The van der Waals surface area contributed by atoms with E-state index in [0.717, 1.165) is 19.1 Å². The number of alkyl halides is 5. The van der Waals surface area contributed by atoms with Crippen LogP contribution in [0.2, 0.25) is 10.0 Å². The van der Waals surface area contributed by atoms with Crippen LogP contribution in [0.5, 0.6) is 0 Å². The third-order valence-electron chi connectivity index (χ3n) is 5.14. The molecule has 3 atom stereocenters. The molecule has 0 saturated heterocycles. The highest BCUT2D eigenvalue weighted by Gasteiger charge is 2.67. The van der Waals surface area contributed by atoms with Crippen LogP contribution in [0.3, 0.4) is 0 Å². The lowest BCUT2D eigenvalue weighted by Crippen LogP contribution is -2.26. The first-order valence-electron chi connectivity index (χ1n) is 9.51. The standard InChI is InChI=1S/C21H16Cl4F4N2O2/c1-9(21(27,28)29)4-16(32)31-15-8-13(2-3-14(15)26)30-19(33)18-17(20(18,24)25)10-5-11(22)7-12(23)6-10/h2-3,5-9,17-18H,4H2,1H3,(H,30,33)(H,31,32)/t9-,17+,18-/m1/s1. The molecule has 178 valence electrons. The minimum Gasteiger partial charge on any atom is -0.326 e. The van der Waals surface area contributed by atoms with Gasteiger partial charge in [0.25, 0.3) is 0 Å². The first-order chi connectivity index (χ1) is 15.2. The molecule has 4 nitrogen and oxygen atoms in total. The van der Waals surface area contributed by atoms with Crippen LogP contribution in [0.4, 0.5) is 28.9 Å². The van der Waals surface area contributed by atoms with Gasteiger partial charge in [-0.15, -0.1) is 23.2 Å². The molecule has 0 bridgehead atoms. The summed E-state index contributed by atoms with van der Waals surface area (Å²) in [5.41, 5.74) is 0.257. The van der Waals surface area contributed by atoms with E-state index in [9.17, 15) is 27.2 Å². The summed E-state index contributed by atoms with van der Waals surface area (Å²) in [4.78, 5) is 24.7. The van der Waals surface area contributed by atoms with Crippen LogP contribution in [0, 0.1) is 17.7 Å². The van der Waals surface area contributed by atoms with E-state index in [0.29, 0.717) is 15.6 Å². The number of hydrogen-bond acceptors (Lipinski definition) is 2. The zero-order chi connectivity index (χ0) is 24.7. The Kier molecular flexibility index (Phi) is 7.44. The number of carbonyl (C=O) groups is 2. The van der Waals surface area contributed by atoms with Crippen molar-refractivity contribution in [2.75, 3.05) is 10.6 Å². The molecule has 0 aliphatic heterocycles. The molecule has 1 aliphatic rings. The Labute approximate surface area is 206 Å². The first-order valence-corrected chi connectivity index (χ1v) is 11.0. The Morgan fingerprint density at radius 1 is 1.06 bits per heavy atom. The largest absolute Gasteiger partial charge is 0.392 e. The van der Waals surface area contributed by atoms with Crippen LogP contribution in [0.1, 0.15) is 24.8 Å². The predicted molar refractivity (Wildman–Crippen MR) is 121 cm³/mol. The average Bonchev–Trinajstić information content (AvgIpc) is 3.25. The minimum absolute atomic E-state index is 0.0829. The summed E-state index contributed by atoms with van der Waals surface area (Å²) in [6, 6.07) is 7.93. The topological polar surface area (TPSA) is 58.2 Å². The van der Waals surface area contributed by atoms with Crippen molar-refractivity contribution in [2.45, 2.75) is 29.8 Å². The summed E-state index contributed by atoms with van der Waals surface area (Å²) < 4.78 is 50.6. The van der Waals surface area contributed by atoms with Gasteiger partial charge < -0.3 is 10.6 Å². The third kappa shape index (κ3) is 6.04. The normalized spacial score (nSPS) is 20.2. The van der Waals surface area contributed by atoms with Gasteiger partial charge in [-0.3, -0.25) is 9.59 Å². The fraction of sp³-hybridized carbons (Fsp3) is 0.333. The molecule has 3 rings (SSSR count). The quantitative estimate of drug-likeness (QED) is 0.298. The zero-order valence-corrected chi connectivity index (χ0v) is 19.8. The van der Waals surface area contributed by atoms with Crippen molar-refractivity contribution < 1.29 is 27.2 Å². The van der Waals surface area contributed by atoms with Crippen LogP contribution in [0.25, 0.3) is 0 Å². The second kappa shape index (κ2) is 9.49. The molecule has 1 aliphatic carbocycles. The van der Waals surface area contributed by atoms with Gasteiger partial charge in [0.05, 0.1) is 17.5 Å². The van der Waals surface area contributed by atoms with Crippen molar-refractivity contribution in [3.05, 3.63) is 57.8 Å². The summed E-state index contributed by atoms with van der Waals surface area (Å²) >= 11 is 24.6. The second-order valence-corrected chi connectivity index (χ2v) is 10.0. The fourth-order valence-electron chi connectivity index (χ4n) is 3.34. The van der Waals surface area contributed by atoms with Gasteiger partial charge in [-0.25, -0.2) is 4.39 Å². The maximum atomic E-state index is 14.1. The Balaban J connectivity index is 1.71. The molecule has 33 heavy (non-hydrogen) atoms. The molecule has 2 N–H and O–H groups in total. The van der Waals surface area contributed by atoms with Crippen molar-refractivity contribution in [1.29, 1.82) is 0 Å². The van der Waals surface area contributed by atoms with Crippen molar-refractivity contribution >= 4 is 69.6 Å². The lowest BCUT2D eigenvalue weighted by Gasteiger charge is -2.15. The number of anilines is 2. The third-order valence-corrected chi connectivity index (χ3v) is 6.52. The molecule has 2 aromatic rings. The van der Waals surface area contributed by atoms with E-state index in [1.165, 1.54) is 12.1 Å². The Morgan fingerprint density at radius 3 is 2.24 bits per heavy atom. The number of carbonyl (C=O) groups excluding carboxylic acids is 2. The lowest BCUT2D eigenvalue weighted by molar-refractivity contribution is -0.173. The molecule has 0 radical (unpaired) electrons. The van der Waals surface area contributed by atoms with Crippen molar-refractivity contribution in [1.82, 2.24) is 0 Å². The molecule has 1 fully saturated rings. The predicted octanol–water partition coefficient (Wildman–Crippen LogP) is 7.19. The van der Waals surface area contributed by atoms with Gasteiger partial charge in [-0.05, 0) is 42.0 Å². The Morgan fingerprint density at radius 2 is 1.67 bits per heavy atom. The number of benzene rings is 2. The van der Waals surface area contributed by atoms with Gasteiger partial charge in [0.1, 0.15) is 10.2 Å². The minimum atomic E-state index is -4.56. The monoisotopic (exact) mass is 544 g/mol. The summed E-state index contributed by atoms with van der Waals surface area (Å²) in [6.07, 6.45) is -5.44. The van der Waals surface area contributed by atoms with Crippen LogP contribution in [0.15, 0.2) is 36.4 Å². The number of nitrogens with one attached hydrogen (secondary N) is 2. The molecule has 1 saturated carbocycles. The van der Waals surface area contributed by atoms with Crippen LogP contribution >= 0.6 is 46.4 Å². The SMILES string of the molecule is C[C@H](CC(=O)Nc1cc(NC(=O)[C@H]2[C@H](c3cc(Cl)cc(Cl)c3)C2(Cl)Cl)ccc1F)C(F)(F)F. The second-order valence-electron chi connectivity index (χ2n) is 7.71. The van der Waals surface area contributed by atoms with Crippen LogP contribution < -0.4 is 10.6 Å². The molecule has 12 heteroatoms. The van der Waals surface area contributed by atoms with E-state index in [1.807, 2.05) is 0 Å². The summed E-state index contributed by atoms with van der Waals surface area (Å²) in [7, 11) is 0. The van der Waals surface area contributed by atoms with E-state index in [-0.39, 0.29) is 11.4 Å². The van der Waals surface area contributed by atoms with E-state index >= 15 is 0 Å². The fourth-order valence-corrected chi connectivity index (χ4v) is 4.71. The summed E-state index contributed by atoms with van der Waals surface area (Å²) in [6.45, 7) is 0.844. The van der Waals surface area contributed by atoms with Crippen molar-refractivity contribution in [3.8, 4) is 0 Å². The highest BCUT2D eigenvalue weighted by atomic mass is 35.5. The summed E-state index contributed by atoms with van der Waals surface area (Å²) in [5, 5.41) is 5.29. The number of halogens is 8. The first kappa shape index (κ1) is 25.9. The average molecular weight is 546 g/mol. The lowest BCUT2D eigenvalue weighted by atomic mass is 10.1. The van der Waals surface area contributed by atoms with Crippen molar-refractivity contribution in [3.63, 3.8) is 0 Å². The smallest absolute Gasteiger partial charge is 0.326 e. The number of rotatable bonds is 6. The van der Waals surface area contributed by atoms with Gasteiger partial charge in [-0.2, -0.15) is 13.2 Å². The number of hydrogen-bond donors (Lipinski definition) is 2. The molecule has 0 aromatic heterocycles. The van der Waals surface area contributed by atoms with Gasteiger partial charge >= 0.3 is 6.18 Å². The maximum absolute atomic E-state index is 14.1. The molecule has 0 spiro atoms. The summed E-state index contributed by atoms with van der Waals surface area (Å²) in [5.74, 6) is -5.90. The van der Waals surface area contributed by atoms with Crippen LogP contribution in [-0.2, 0) is 9.59 Å².